The largest absolute Gasteiger partial charge is 0.322 e. The normalized spacial score (nSPS) is 9.85. The molecule has 0 bridgehead atoms. The number of carbonyl (C=O) groups is 1. The van der Waals surface area contributed by atoms with Gasteiger partial charge in [-0.05, 0) is 42.3 Å². The average Bonchev–Trinajstić information content (AvgIpc) is 2.45. The Morgan fingerprint density at radius 3 is 2.60 bits per heavy atom. The molecule has 1 amide bonds. The van der Waals surface area contributed by atoms with Gasteiger partial charge in [0, 0.05) is 16.3 Å². The van der Waals surface area contributed by atoms with E-state index in [4.69, 9.17) is 16.9 Å². The van der Waals surface area contributed by atoms with Crippen molar-refractivity contribution in [3.8, 4) is 6.07 Å². The van der Waals surface area contributed by atoms with E-state index in [2.05, 4.69) is 11.4 Å². The van der Waals surface area contributed by atoms with Crippen molar-refractivity contribution in [2.75, 3.05) is 5.32 Å². The number of rotatable bonds is 3. The molecule has 0 aromatic heterocycles. The maximum atomic E-state index is 12.1. The number of benzene rings is 2. The molecule has 0 aliphatic rings. The van der Waals surface area contributed by atoms with Gasteiger partial charge in [-0.1, -0.05) is 29.8 Å². The van der Waals surface area contributed by atoms with Gasteiger partial charge in [-0.25, -0.2) is 0 Å². The fourth-order valence-corrected chi connectivity index (χ4v) is 1.98. The summed E-state index contributed by atoms with van der Waals surface area (Å²) < 4.78 is 0. The predicted octanol–water partition coefficient (Wildman–Crippen LogP) is 3.97. The molecule has 20 heavy (non-hydrogen) atoms. The van der Waals surface area contributed by atoms with Gasteiger partial charge in [0.25, 0.3) is 5.91 Å². The van der Waals surface area contributed by atoms with Crippen molar-refractivity contribution in [1.29, 1.82) is 5.26 Å². The molecule has 0 radical (unpaired) electrons. The van der Waals surface area contributed by atoms with E-state index in [1.54, 1.807) is 36.4 Å². The quantitative estimate of drug-likeness (QED) is 0.927. The van der Waals surface area contributed by atoms with Crippen LogP contribution in [0, 0.1) is 18.3 Å². The van der Waals surface area contributed by atoms with E-state index >= 15 is 0 Å². The molecule has 100 valence electrons. The van der Waals surface area contributed by atoms with Gasteiger partial charge in [0.1, 0.15) is 0 Å². The van der Waals surface area contributed by atoms with Gasteiger partial charge < -0.3 is 5.32 Å². The highest BCUT2D eigenvalue weighted by Crippen LogP contribution is 2.23. The van der Waals surface area contributed by atoms with Crippen molar-refractivity contribution in [2.24, 2.45) is 0 Å². The van der Waals surface area contributed by atoms with E-state index in [0.717, 1.165) is 11.1 Å². The van der Waals surface area contributed by atoms with Crippen molar-refractivity contribution in [2.45, 2.75) is 13.3 Å². The van der Waals surface area contributed by atoms with Crippen LogP contribution in [0.5, 0.6) is 0 Å². The second-order valence-electron chi connectivity index (χ2n) is 4.40. The lowest BCUT2D eigenvalue weighted by Crippen LogP contribution is -2.12. The molecule has 0 unspecified atom stereocenters. The summed E-state index contributed by atoms with van der Waals surface area (Å²) in [5.41, 5.74) is 2.97. The molecule has 3 nitrogen and oxygen atoms in total. The van der Waals surface area contributed by atoms with Crippen LogP contribution in [0.2, 0.25) is 5.02 Å². The van der Waals surface area contributed by atoms with Crippen molar-refractivity contribution in [3.63, 3.8) is 0 Å². The molecule has 0 atom stereocenters. The number of hydrogen-bond donors (Lipinski definition) is 1. The van der Waals surface area contributed by atoms with Crippen LogP contribution in [0.25, 0.3) is 0 Å². The minimum atomic E-state index is -0.195. The minimum absolute atomic E-state index is 0.195. The molecule has 0 spiro atoms. The van der Waals surface area contributed by atoms with Crippen LogP contribution < -0.4 is 5.32 Å². The lowest BCUT2D eigenvalue weighted by atomic mass is 10.1. The first-order valence-corrected chi connectivity index (χ1v) is 6.52. The maximum absolute atomic E-state index is 12.1. The smallest absolute Gasteiger partial charge is 0.255 e. The molecule has 1 N–H and O–H groups in total. The number of anilines is 1. The molecule has 0 saturated carbocycles. The van der Waals surface area contributed by atoms with Gasteiger partial charge in [-0.3, -0.25) is 4.79 Å². The fraction of sp³-hybridized carbons (Fsp3) is 0.125. The predicted molar refractivity (Wildman–Crippen MR) is 79.9 cm³/mol. The minimum Gasteiger partial charge on any atom is -0.322 e. The summed E-state index contributed by atoms with van der Waals surface area (Å²) in [5.74, 6) is -0.195. The van der Waals surface area contributed by atoms with E-state index in [1.807, 2.05) is 13.0 Å². The summed E-state index contributed by atoms with van der Waals surface area (Å²) >= 11 is 6.02. The Morgan fingerprint density at radius 2 is 1.95 bits per heavy atom. The highest BCUT2D eigenvalue weighted by Gasteiger charge is 2.08. The molecule has 2 aromatic rings. The van der Waals surface area contributed by atoms with Gasteiger partial charge in [0.2, 0.25) is 0 Å². The fourth-order valence-electron chi connectivity index (χ4n) is 1.80. The van der Waals surface area contributed by atoms with Crippen molar-refractivity contribution in [1.82, 2.24) is 0 Å². The Hall–Kier alpha value is -2.31. The lowest BCUT2D eigenvalue weighted by molar-refractivity contribution is 0.102. The zero-order valence-electron chi connectivity index (χ0n) is 11.0. The molecule has 0 fully saturated rings. The molecule has 0 saturated heterocycles. The number of nitrogens with one attached hydrogen (secondary N) is 1. The Labute approximate surface area is 122 Å². The van der Waals surface area contributed by atoms with E-state index < -0.39 is 0 Å². The molecule has 0 heterocycles. The number of hydrogen-bond acceptors (Lipinski definition) is 2. The maximum Gasteiger partial charge on any atom is 0.255 e. The van der Waals surface area contributed by atoms with Crippen LogP contribution in [0.1, 0.15) is 21.5 Å². The standard InChI is InChI=1S/C16H13ClN2O/c1-11-14(17)3-2-4-15(11)19-16(20)13-7-5-12(6-8-13)9-10-18/h2-8H,9H2,1H3,(H,19,20). The highest BCUT2D eigenvalue weighted by atomic mass is 35.5. The topological polar surface area (TPSA) is 52.9 Å². The van der Waals surface area contributed by atoms with Crippen LogP contribution in [0.3, 0.4) is 0 Å². The SMILES string of the molecule is Cc1c(Cl)cccc1NC(=O)c1ccc(CC#N)cc1. The Morgan fingerprint density at radius 1 is 1.25 bits per heavy atom. The summed E-state index contributed by atoms with van der Waals surface area (Å²) in [6.07, 6.45) is 0.343. The molecule has 2 aromatic carbocycles. The molecular weight excluding hydrogens is 272 g/mol. The lowest BCUT2D eigenvalue weighted by Gasteiger charge is -2.09. The zero-order valence-corrected chi connectivity index (χ0v) is 11.7. The Balaban J connectivity index is 2.16. The molecular formula is C16H13ClN2O. The van der Waals surface area contributed by atoms with Gasteiger partial charge >= 0.3 is 0 Å². The summed E-state index contributed by atoms with van der Waals surface area (Å²) in [7, 11) is 0. The van der Waals surface area contributed by atoms with E-state index in [9.17, 15) is 4.79 Å². The number of halogens is 1. The average molecular weight is 285 g/mol. The Kier molecular flexibility index (Phi) is 4.39. The monoisotopic (exact) mass is 284 g/mol. The summed E-state index contributed by atoms with van der Waals surface area (Å²) in [4.78, 5) is 12.1. The second kappa shape index (κ2) is 6.23. The third-order valence-corrected chi connectivity index (χ3v) is 3.42. The van der Waals surface area contributed by atoms with Crippen LogP contribution in [-0.2, 0) is 6.42 Å². The summed E-state index contributed by atoms with van der Waals surface area (Å²) in [6, 6.07) is 14.4. The summed E-state index contributed by atoms with van der Waals surface area (Å²) in [6.45, 7) is 1.86. The number of nitriles is 1. The van der Waals surface area contributed by atoms with Gasteiger partial charge in [-0.2, -0.15) is 5.26 Å². The number of carbonyl (C=O) groups excluding carboxylic acids is 1. The zero-order chi connectivity index (χ0) is 14.5. The highest BCUT2D eigenvalue weighted by molar-refractivity contribution is 6.31. The summed E-state index contributed by atoms with van der Waals surface area (Å²) in [5, 5.41) is 12.1. The number of nitrogens with zero attached hydrogens (tertiary/aromatic N) is 1. The van der Waals surface area contributed by atoms with Gasteiger partial charge in [0.05, 0.1) is 12.5 Å². The van der Waals surface area contributed by atoms with Crippen molar-refractivity contribution in [3.05, 3.63) is 64.2 Å². The third kappa shape index (κ3) is 3.17. The van der Waals surface area contributed by atoms with Crippen LogP contribution >= 0.6 is 11.6 Å². The molecule has 4 heteroatoms. The Bertz CT molecular complexity index is 672. The molecule has 2 rings (SSSR count). The first kappa shape index (κ1) is 14.1. The number of amides is 1. The molecule has 0 aliphatic carbocycles. The van der Waals surface area contributed by atoms with E-state index in [0.29, 0.717) is 22.7 Å². The van der Waals surface area contributed by atoms with E-state index in [1.165, 1.54) is 0 Å². The van der Waals surface area contributed by atoms with Crippen molar-refractivity contribution >= 4 is 23.2 Å². The first-order valence-electron chi connectivity index (χ1n) is 6.14. The first-order chi connectivity index (χ1) is 9.61. The van der Waals surface area contributed by atoms with Gasteiger partial charge in [0.15, 0.2) is 0 Å². The van der Waals surface area contributed by atoms with Crippen molar-refractivity contribution < 1.29 is 4.79 Å². The van der Waals surface area contributed by atoms with E-state index in [-0.39, 0.29) is 5.91 Å². The van der Waals surface area contributed by atoms with Crippen LogP contribution in [0.4, 0.5) is 5.69 Å². The van der Waals surface area contributed by atoms with Crippen LogP contribution in [0.15, 0.2) is 42.5 Å². The second-order valence-corrected chi connectivity index (χ2v) is 4.81. The molecule has 0 aliphatic heterocycles. The van der Waals surface area contributed by atoms with Crippen LogP contribution in [-0.4, -0.2) is 5.91 Å². The van der Waals surface area contributed by atoms with Gasteiger partial charge in [-0.15, -0.1) is 0 Å². The third-order valence-electron chi connectivity index (χ3n) is 3.02.